The lowest BCUT2D eigenvalue weighted by atomic mass is 10.2. The Hall–Kier alpha value is -2.00. The zero-order valence-electron chi connectivity index (χ0n) is 16.2. The van der Waals surface area contributed by atoms with Gasteiger partial charge in [-0.3, -0.25) is 4.79 Å². The van der Waals surface area contributed by atoms with Gasteiger partial charge in [-0.05, 0) is 76.7 Å². The van der Waals surface area contributed by atoms with Gasteiger partial charge in [-0.1, -0.05) is 40.9 Å². The van der Waals surface area contributed by atoms with E-state index >= 15 is 0 Å². The summed E-state index contributed by atoms with van der Waals surface area (Å²) in [6.07, 6.45) is 1.53. The first-order chi connectivity index (χ1) is 14.9. The number of carbonyl (C=O) groups is 1. The molecule has 0 radical (unpaired) electrons. The van der Waals surface area contributed by atoms with Crippen LogP contribution < -0.4 is 14.9 Å². The second kappa shape index (κ2) is 11.0. The van der Waals surface area contributed by atoms with Crippen LogP contribution in [0.2, 0.25) is 15.1 Å². The highest BCUT2D eigenvalue weighted by molar-refractivity contribution is 14.1. The molecule has 31 heavy (non-hydrogen) atoms. The predicted octanol–water partition coefficient (Wildman–Crippen LogP) is 6.60. The number of carbonyl (C=O) groups excluding carboxylic acids is 1. The van der Waals surface area contributed by atoms with E-state index in [-0.39, 0.29) is 12.5 Å². The largest absolute Gasteiger partial charge is 0.493 e. The Kier molecular flexibility index (Phi) is 8.43. The van der Waals surface area contributed by atoms with Crippen LogP contribution in [-0.2, 0) is 6.61 Å². The number of rotatable bonds is 7. The smallest absolute Gasteiger partial charge is 0.271 e. The van der Waals surface area contributed by atoms with Crippen molar-refractivity contribution in [1.29, 1.82) is 0 Å². The molecule has 3 aromatic carbocycles. The van der Waals surface area contributed by atoms with Crippen molar-refractivity contribution in [3.05, 3.63) is 89.9 Å². The number of benzene rings is 3. The standard InChI is InChI=1S/C22H16Cl3IN2O3/c1-30-20-9-13(11-27-28-22(29)14-2-5-16(23)6-3-14)8-19(26)21(20)31-12-15-4-7-17(24)10-18(15)25/h2-11H,12H2,1H3,(H,28,29)/b27-11+. The fourth-order valence-electron chi connectivity index (χ4n) is 2.57. The quantitative estimate of drug-likeness (QED) is 0.192. The van der Waals surface area contributed by atoms with Crippen LogP contribution in [0.3, 0.4) is 0 Å². The van der Waals surface area contributed by atoms with Crippen LogP contribution in [0.5, 0.6) is 11.5 Å². The first kappa shape index (κ1) is 23.7. The molecule has 0 fully saturated rings. The molecule has 5 nitrogen and oxygen atoms in total. The van der Waals surface area contributed by atoms with Crippen LogP contribution >= 0.6 is 57.4 Å². The summed E-state index contributed by atoms with van der Waals surface area (Å²) in [6, 6.07) is 15.4. The van der Waals surface area contributed by atoms with Crippen LogP contribution in [0, 0.1) is 3.57 Å². The summed E-state index contributed by atoms with van der Waals surface area (Å²) in [5, 5.41) is 5.66. The maximum atomic E-state index is 12.1. The molecule has 0 aliphatic carbocycles. The maximum absolute atomic E-state index is 12.1. The van der Waals surface area contributed by atoms with Crippen molar-refractivity contribution in [1.82, 2.24) is 5.43 Å². The summed E-state index contributed by atoms with van der Waals surface area (Å²) < 4.78 is 12.2. The number of methoxy groups -OCH3 is 1. The Labute approximate surface area is 208 Å². The van der Waals surface area contributed by atoms with Gasteiger partial charge in [-0.2, -0.15) is 5.10 Å². The molecule has 1 amide bonds. The molecule has 3 aromatic rings. The normalized spacial score (nSPS) is 10.9. The Morgan fingerprint density at radius 2 is 1.77 bits per heavy atom. The van der Waals surface area contributed by atoms with Crippen LogP contribution in [0.15, 0.2) is 59.7 Å². The third kappa shape index (κ3) is 6.49. The lowest BCUT2D eigenvalue weighted by Gasteiger charge is -2.14. The first-order valence-corrected chi connectivity index (χ1v) is 11.1. The summed E-state index contributed by atoms with van der Waals surface area (Å²) in [7, 11) is 1.55. The Bertz CT molecular complexity index is 1120. The molecule has 0 saturated carbocycles. The van der Waals surface area contributed by atoms with Crippen molar-refractivity contribution in [2.45, 2.75) is 6.61 Å². The third-order valence-electron chi connectivity index (χ3n) is 4.13. The van der Waals surface area contributed by atoms with Crippen LogP contribution in [0.4, 0.5) is 0 Å². The molecule has 0 aromatic heterocycles. The lowest BCUT2D eigenvalue weighted by molar-refractivity contribution is 0.0955. The van der Waals surface area contributed by atoms with Crippen molar-refractivity contribution in [2.75, 3.05) is 7.11 Å². The van der Waals surface area contributed by atoms with Gasteiger partial charge in [-0.15, -0.1) is 0 Å². The van der Waals surface area contributed by atoms with E-state index in [9.17, 15) is 4.79 Å². The Balaban J connectivity index is 1.70. The maximum Gasteiger partial charge on any atom is 0.271 e. The summed E-state index contributed by atoms with van der Waals surface area (Å²) in [5.74, 6) is 0.772. The summed E-state index contributed by atoms with van der Waals surface area (Å²) >= 11 is 20.1. The van der Waals surface area contributed by atoms with Crippen molar-refractivity contribution >= 4 is 69.5 Å². The SMILES string of the molecule is COc1cc(/C=N/NC(=O)c2ccc(Cl)cc2)cc(I)c1OCc1ccc(Cl)cc1Cl. The second-order valence-electron chi connectivity index (χ2n) is 6.26. The summed E-state index contributed by atoms with van der Waals surface area (Å²) in [4.78, 5) is 12.1. The molecule has 0 spiro atoms. The van der Waals surface area contributed by atoms with E-state index in [1.165, 1.54) is 6.21 Å². The van der Waals surface area contributed by atoms with Gasteiger partial charge in [0.15, 0.2) is 11.5 Å². The molecular weight excluding hydrogens is 574 g/mol. The summed E-state index contributed by atoms with van der Waals surface area (Å²) in [6.45, 7) is 0.257. The number of halogens is 4. The van der Waals surface area contributed by atoms with E-state index in [0.29, 0.717) is 32.1 Å². The van der Waals surface area contributed by atoms with Crippen molar-refractivity contribution in [3.63, 3.8) is 0 Å². The van der Waals surface area contributed by atoms with E-state index < -0.39 is 0 Å². The van der Waals surface area contributed by atoms with Gasteiger partial charge in [0.05, 0.1) is 16.9 Å². The molecule has 0 unspecified atom stereocenters. The summed E-state index contributed by atoms with van der Waals surface area (Å²) in [5.41, 5.74) is 4.48. The topological polar surface area (TPSA) is 59.9 Å². The van der Waals surface area contributed by atoms with Crippen LogP contribution in [0.25, 0.3) is 0 Å². The average Bonchev–Trinajstić information content (AvgIpc) is 2.74. The predicted molar refractivity (Wildman–Crippen MR) is 133 cm³/mol. The van der Waals surface area contributed by atoms with Crippen molar-refractivity contribution in [2.24, 2.45) is 5.10 Å². The van der Waals surface area contributed by atoms with Gasteiger partial charge in [0.2, 0.25) is 0 Å². The molecule has 0 heterocycles. The number of hydrogen-bond donors (Lipinski definition) is 1. The van der Waals surface area contributed by atoms with Gasteiger partial charge in [0.1, 0.15) is 6.61 Å². The monoisotopic (exact) mass is 588 g/mol. The molecule has 0 bridgehead atoms. The zero-order chi connectivity index (χ0) is 22.4. The number of ether oxygens (including phenoxy) is 2. The number of hydrazone groups is 1. The highest BCUT2D eigenvalue weighted by Crippen LogP contribution is 2.34. The minimum absolute atomic E-state index is 0.257. The van der Waals surface area contributed by atoms with Crippen molar-refractivity contribution in [3.8, 4) is 11.5 Å². The van der Waals surface area contributed by atoms with Crippen molar-refractivity contribution < 1.29 is 14.3 Å². The fraction of sp³-hybridized carbons (Fsp3) is 0.0909. The van der Waals surface area contributed by atoms with Gasteiger partial charge < -0.3 is 9.47 Å². The highest BCUT2D eigenvalue weighted by atomic mass is 127. The molecule has 1 N–H and O–H groups in total. The van der Waals surface area contributed by atoms with Gasteiger partial charge >= 0.3 is 0 Å². The number of nitrogens with zero attached hydrogens (tertiary/aromatic N) is 1. The molecule has 0 aliphatic rings. The van der Waals surface area contributed by atoms with Crippen LogP contribution in [0.1, 0.15) is 21.5 Å². The molecule has 3 rings (SSSR count). The molecule has 0 atom stereocenters. The lowest BCUT2D eigenvalue weighted by Crippen LogP contribution is -2.17. The Morgan fingerprint density at radius 3 is 2.45 bits per heavy atom. The first-order valence-electron chi connectivity index (χ1n) is 8.90. The van der Waals surface area contributed by atoms with E-state index in [4.69, 9.17) is 44.3 Å². The molecule has 160 valence electrons. The molecule has 0 aliphatic heterocycles. The second-order valence-corrected chi connectivity index (χ2v) is 8.71. The van der Waals surface area contributed by atoms with E-state index in [1.807, 2.05) is 12.1 Å². The third-order valence-corrected chi connectivity index (χ3v) is 5.77. The Morgan fingerprint density at radius 1 is 1.06 bits per heavy atom. The zero-order valence-corrected chi connectivity index (χ0v) is 20.6. The van der Waals surface area contributed by atoms with E-state index in [0.717, 1.165) is 14.7 Å². The van der Waals surface area contributed by atoms with E-state index in [2.05, 4.69) is 33.1 Å². The van der Waals surface area contributed by atoms with Crippen LogP contribution in [-0.4, -0.2) is 19.2 Å². The molecular formula is C22H16Cl3IN2O3. The molecule has 0 saturated heterocycles. The average molecular weight is 590 g/mol. The molecule has 9 heteroatoms. The van der Waals surface area contributed by atoms with Gasteiger partial charge in [-0.25, -0.2) is 5.43 Å². The van der Waals surface area contributed by atoms with E-state index in [1.54, 1.807) is 49.6 Å². The minimum atomic E-state index is -0.339. The highest BCUT2D eigenvalue weighted by Gasteiger charge is 2.13. The van der Waals surface area contributed by atoms with Gasteiger partial charge in [0, 0.05) is 26.2 Å². The minimum Gasteiger partial charge on any atom is -0.493 e. The number of nitrogens with one attached hydrogen (secondary N) is 1. The number of hydrogen-bond acceptors (Lipinski definition) is 4. The fourth-order valence-corrected chi connectivity index (χ4v) is 3.94. The number of amides is 1. The van der Waals surface area contributed by atoms with Gasteiger partial charge in [0.25, 0.3) is 5.91 Å².